The van der Waals surface area contributed by atoms with E-state index < -0.39 is 23.9 Å². The summed E-state index contributed by atoms with van der Waals surface area (Å²) in [5, 5.41) is 11.1. The van der Waals surface area contributed by atoms with Crippen molar-refractivity contribution in [1.29, 1.82) is 0 Å². The fraction of sp³-hybridized carbons (Fsp3) is 0.333. The number of fused-ring (bicyclic) bond motifs is 6. The molecule has 4 aromatic rings. The number of carbonyl (C=O) groups excluding carboxylic acids is 3. The van der Waals surface area contributed by atoms with Gasteiger partial charge in [0, 0.05) is 43.9 Å². The normalized spacial score (nSPS) is 19.2. The summed E-state index contributed by atoms with van der Waals surface area (Å²) < 4.78 is 33.8. The first-order valence-corrected chi connectivity index (χ1v) is 14.8. The SMILES string of the molecule is COc1ccc2cc1OCC(=O)N[C@@H]1CN(C(=O)Cn3ncc4ccccc43)CC[C@H]1Oc1cc(F)cc(c1)CNC(=O)CC2. The van der Waals surface area contributed by atoms with Crippen LogP contribution in [0, 0.1) is 5.82 Å². The molecule has 0 unspecified atom stereocenters. The first-order valence-electron chi connectivity index (χ1n) is 14.8. The largest absolute Gasteiger partial charge is 0.493 e. The summed E-state index contributed by atoms with van der Waals surface area (Å²) in [7, 11) is 1.51. The van der Waals surface area contributed by atoms with Gasteiger partial charge in [-0.25, -0.2) is 4.39 Å². The Kier molecular flexibility index (Phi) is 8.81. The number of hydrogen-bond donors (Lipinski definition) is 2. The predicted molar refractivity (Wildman–Crippen MR) is 162 cm³/mol. The molecule has 0 spiro atoms. The molecule has 3 heterocycles. The minimum absolute atomic E-state index is 0.0396. The van der Waals surface area contributed by atoms with Gasteiger partial charge in [0.15, 0.2) is 18.1 Å². The summed E-state index contributed by atoms with van der Waals surface area (Å²) >= 11 is 0. The van der Waals surface area contributed by atoms with Crippen molar-refractivity contribution >= 4 is 28.6 Å². The Balaban J connectivity index is 1.24. The van der Waals surface area contributed by atoms with Crippen LogP contribution < -0.4 is 24.8 Å². The van der Waals surface area contributed by atoms with Crippen LogP contribution in [0.4, 0.5) is 4.39 Å². The molecule has 2 N–H and O–H groups in total. The molecule has 4 bridgehead atoms. The van der Waals surface area contributed by atoms with E-state index >= 15 is 0 Å². The number of halogens is 1. The van der Waals surface area contributed by atoms with E-state index in [0.29, 0.717) is 36.4 Å². The maximum Gasteiger partial charge on any atom is 0.258 e. The number of hydrogen-bond acceptors (Lipinski definition) is 7. The van der Waals surface area contributed by atoms with Crippen LogP contribution in [-0.2, 0) is 33.9 Å². The van der Waals surface area contributed by atoms with Crippen molar-refractivity contribution in [3.8, 4) is 17.2 Å². The molecule has 2 aliphatic rings. The van der Waals surface area contributed by atoms with Gasteiger partial charge in [-0.1, -0.05) is 24.3 Å². The zero-order valence-corrected chi connectivity index (χ0v) is 24.8. The monoisotopic (exact) mass is 615 g/mol. The van der Waals surface area contributed by atoms with Gasteiger partial charge in [0.1, 0.15) is 24.2 Å². The highest BCUT2D eigenvalue weighted by Crippen LogP contribution is 2.29. The third-order valence-electron chi connectivity index (χ3n) is 8.02. The molecular weight excluding hydrogens is 581 g/mol. The van der Waals surface area contributed by atoms with E-state index in [-0.39, 0.29) is 50.2 Å². The molecule has 2 aliphatic heterocycles. The summed E-state index contributed by atoms with van der Waals surface area (Å²) in [4.78, 5) is 40.9. The predicted octanol–water partition coefficient (Wildman–Crippen LogP) is 2.99. The second-order valence-corrected chi connectivity index (χ2v) is 11.2. The average Bonchev–Trinajstić information content (AvgIpc) is 3.44. The minimum atomic E-state index is -0.619. The van der Waals surface area contributed by atoms with Crippen LogP contribution >= 0.6 is 0 Å². The van der Waals surface area contributed by atoms with Gasteiger partial charge in [-0.3, -0.25) is 19.1 Å². The number of likely N-dealkylation sites (tertiary alicyclic amines) is 1. The molecule has 234 valence electrons. The molecule has 6 rings (SSSR count). The number of carbonyl (C=O) groups is 3. The average molecular weight is 616 g/mol. The number of rotatable bonds is 3. The number of ether oxygens (including phenoxy) is 3. The standard InChI is InChI=1S/C33H34FN5O6/c1-43-29-8-6-21-7-9-31(40)35-16-22-12-24(34)15-25(13-22)45-28-10-11-38(18-26(28)37-32(41)20-44-30(29)14-21)33(42)19-39-27-5-3-2-4-23(27)17-36-39/h2-6,8,12-15,17,26,28H,7,9-11,16,18-20H2,1H3,(H,35,40)(H,37,41)/t26-,28-/m1/s1. The molecule has 0 aliphatic carbocycles. The van der Waals surface area contributed by atoms with Crippen molar-refractivity contribution in [1.82, 2.24) is 25.3 Å². The van der Waals surface area contributed by atoms with Crippen molar-refractivity contribution in [2.45, 2.75) is 44.5 Å². The van der Waals surface area contributed by atoms with Gasteiger partial charge < -0.3 is 29.7 Å². The fourth-order valence-electron chi connectivity index (χ4n) is 5.71. The first-order chi connectivity index (χ1) is 21.8. The van der Waals surface area contributed by atoms with E-state index in [1.54, 1.807) is 34.0 Å². The molecule has 2 atom stereocenters. The van der Waals surface area contributed by atoms with Crippen molar-refractivity contribution in [3.05, 3.63) is 83.8 Å². The van der Waals surface area contributed by atoms with Crippen LogP contribution in [-0.4, -0.2) is 71.4 Å². The summed E-state index contributed by atoms with van der Waals surface area (Å²) in [6, 6.07) is 16.6. The number of nitrogens with one attached hydrogen (secondary N) is 2. The minimum Gasteiger partial charge on any atom is -0.493 e. The maximum atomic E-state index is 14.6. The van der Waals surface area contributed by atoms with Gasteiger partial charge in [0.2, 0.25) is 11.8 Å². The molecule has 3 amide bonds. The van der Waals surface area contributed by atoms with Crippen LogP contribution in [0.3, 0.4) is 0 Å². The Bertz CT molecular complexity index is 1720. The molecule has 1 saturated heterocycles. The van der Waals surface area contributed by atoms with Gasteiger partial charge in [-0.05, 0) is 47.9 Å². The van der Waals surface area contributed by atoms with Gasteiger partial charge >= 0.3 is 0 Å². The van der Waals surface area contributed by atoms with Crippen LogP contribution in [0.1, 0.15) is 24.0 Å². The molecule has 1 aromatic heterocycles. The lowest BCUT2D eigenvalue weighted by Gasteiger charge is -2.39. The lowest BCUT2D eigenvalue weighted by atomic mass is 10.0. The Labute approximate surface area is 259 Å². The Morgan fingerprint density at radius 1 is 1.07 bits per heavy atom. The number of piperidine rings is 1. The zero-order chi connectivity index (χ0) is 31.3. The van der Waals surface area contributed by atoms with E-state index in [0.717, 1.165) is 16.5 Å². The van der Waals surface area contributed by atoms with Gasteiger partial charge in [0.25, 0.3) is 5.91 Å². The summed E-state index contributed by atoms with van der Waals surface area (Å²) in [6.07, 6.45) is 2.18. The second-order valence-electron chi connectivity index (χ2n) is 11.2. The summed E-state index contributed by atoms with van der Waals surface area (Å²) in [5.74, 6) is -0.190. The second kappa shape index (κ2) is 13.2. The molecule has 1 fully saturated rings. The van der Waals surface area contributed by atoms with Crippen molar-refractivity contribution < 1.29 is 33.0 Å². The number of benzene rings is 3. The van der Waals surface area contributed by atoms with E-state index in [1.807, 2.05) is 30.3 Å². The van der Waals surface area contributed by atoms with Crippen LogP contribution in [0.15, 0.2) is 66.9 Å². The lowest BCUT2D eigenvalue weighted by molar-refractivity contribution is -0.136. The topological polar surface area (TPSA) is 124 Å². The number of aryl methyl sites for hydroxylation is 1. The number of para-hydroxylation sites is 1. The molecule has 11 nitrogen and oxygen atoms in total. The van der Waals surface area contributed by atoms with Gasteiger partial charge in [-0.15, -0.1) is 0 Å². The van der Waals surface area contributed by atoms with E-state index in [9.17, 15) is 18.8 Å². The quantitative estimate of drug-likeness (QED) is 0.363. The van der Waals surface area contributed by atoms with Gasteiger partial charge in [0.05, 0.1) is 24.9 Å². The molecule has 12 heteroatoms. The van der Waals surface area contributed by atoms with E-state index in [2.05, 4.69) is 15.7 Å². The van der Waals surface area contributed by atoms with E-state index in [4.69, 9.17) is 14.2 Å². The number of amides is 3. The van der Waals surface area contributed by atoms with Crippen LogP contribution in [0.2, 0.25) is 0 Å². The van der Waals surface area contributed by atoms with E-state index in [1.165, 1.54) is 19.2 Å². The summed E-state index contributed by atoms with van der Waals surface area (Å²) in [5.41, 5.74) is 2.22. The van der Waals surface area contributed by atoms with Crippen molar-refractivity contribution in [2.75, 3.05) is 26.8 Å². The third-order valence-corrected chi connectivity index (χ3v) is 8.02. The number of aromatic nitrogens is 2. The fourth-order valence-corrected chi connectivity index (χ4v) is 5.71. The molecule has 3 aromatic carbocycles. The highest BCUT2D eigenvalue weighted by molar-refractivity contribution is 5.82. The van der Waals surface area contributed by atoms with Crippen molar-refractivity contribution in [3.63, 3.8) is 0 Å². The first kappa shape index (κ1) is 29.9. The number of methoxy groups -OCH3 is 1. The zero-order valence-electron chi connectivity index (χ0n) is 24.8. The maximum absolute atomic E-state index is 14.6. The Hall–Kier alpha value is -5.13. The molecule has 0 radical (unpaired) electrons. The number of nitrogens with zero attached hydrogens (tertiary/aromatic N) is 3. The Morgan fingerprint density at radius 2 is 1.93 bits per heavy atom. The third kappa shape index (κ3) is 7.17. The summed E-state index contributed by atoms with van der Waals surface area (Å²) in [6.45, 7) is 0.386. The smallest absolute Gasteiger partial charge is 0.258 e. The highest BCUT2D eigenvalue weighted by atomic mass is 19.1. The Morgan fingerprint density at radius 3 is 2.80 bits per heavy atom. The van der Waals surface area contributed by atoms with Crippen LogP contribution in [0.5, 0.6) is 17.2 Å². The lowest BCUT2D eigenvalue weighted by Crippen LogP contribution is -2.59. The van der Waals surface area contributed by atoms with Crippen molar-refractivity contribution in [2.24, 2.45) is 0 Å². The molecule has 0 saturated carbocycles. The highest BCUT2D eigenvalue weighted by Gasteiger charge is 2.34. The molecular formula is C33H34FN5O6. The van der Waals surface area contributed by atoms with Gasteiger partial charge in [-0.2, -0.15) is 5.10 Å². The van der Waals surface area contributed by atoms with Crippen LogP contribution in [0.25, 0.3) is 10.9 Å². The molecule has 45 heavy (non-hydrogen) atoms.